The van der Waals surface area contributed by atoms with Gasteiger partial charge in [-0.3, -0.25) is 4.79 Å². The lowest BCUT2D eigenvalue weighted by molar-refractivity contribution is -0.148. The van der Waals surface area contributed by atoms with Crippen LogP contribution in [0.2, 0.25) is 0 Å². The van der Waals surface area contributed by atoms with E-state index in [1.807, 2.05) is 0 Å². The Morgan fingerprint density at radius 3 is 2.81 bits per heavy atom. The maximum absolute atomic E-state index is 11.9. The molecule has 4 heteroatoms. The number of ether oxygens (including phenoxy) is 2. The molecule has 21 heavy (non-hydrogen) atoms. The van der Waals surface area contributed by atoms with Gasteiger partial charge in [-0.2, -0.15) is 0 Å². The first kappa shape index (κ1) is 16.8. The lowest BCUT2D eigenvalue weighted by Crippen LogP contribution is -2.52. The number of carbonyl (C=O) groups excluding carboxylic acids is 1. The van der Waals surface area contributed by atoms with E-state index in [1.54, 1.807) is 0 Å². The Bertz CT molecular complexity index is 347. The van der Waals surface area contributed by atoms with Crippen LogP contribution in [0, 0.1) is 11.8 Å². The first-order valence-corrected chi connectivity index (χ1v) is 8.59. The first-order valence-electron chi connectivity index (χ1n) is 8.59. The maximum atomic E-state index is 11.9. The van der Waals surface area contributed by atoms with Crippen LogP contribution < -0.4 is 5.73 Å². The van der Waals surface area contributed by atoms with E-state index in [0.717, 1.165) is 38.2 Å². The van der Waals surface area contributed by atoms with Gasteiger partial charge in [-0.25, -0.2) is 0 Å². The molecule has 2 fully saturated rings. The van der Waals surface area contributed by atoms with Crippen LogP contribution in [0.15, 0.2) is 0 Å². The first-order chi connectivity index (χ1) is 10.1. The predicted molar refractivity (Wildman–Crippen MR) is 82.9 cm³/mol. The zero-order valence-corrected chi connectivity index (χ0v) is 13.6. The fraction of sp³-hybridized carbons (Fsp3) is 0.941. The van der Waals surface area contributed by atoms with Crippen molar-refractivity contribution in [2.75, 3.05) is 13.7 Å². The molecule has 2 N–H and O–H groups in total. The average Bonchev–Trinajstić information content (AvgIpc) is 2.89. The van der Waals surface area contributed by atoms with Crippen LogP contribution in [-0.2, 0) is 14.3 Å². The minimum Gasteiger partial charge on any atom is -0.468 e. The van der Waals surface area contributed by atoms with Crippen LogP contribution in [0.25, 0.3) is 0 Å². The zero-order valence-electron chi connectivity index (χ0n) is 13.6. The quantitative estimate of drug-likeness (QED) is 0.765. The molecule has 0 aromatic heterocycles. The highest BCUT2D eigenvalue weighted by molar-refractivity contribution is 5.81. The highest BCUT2D eigenvalue weighted by Gasteiger charge is 2.46. The van der Waals surface area contributed by atoms with Gasteiger partial charge in [-0.05, 0) is 43.9 Å². The summed E-state index contributed by atoms with van der Waals surface area (Å²) in [6.45, 7) is 2.99. The Morgan fingerprint density at radius 1 is 1.29 bits per heavy atom. The summed E-state index contributed by atoms with van der Waals surface area (Å²) in [5.74, 6) is 0.781. The van der Waals surface area contributed by atoms with Crippen molar-refractivity contribution in [2.45, 2.75) is 76.4 Å². The summed E-state index contributed by atoms with van der Waals surface area (Å²) in [7, 11) is 1.43. The molecule has 2 aliphatic rings. The standard InChI is InChI=1S/C17H31NO3/c1-3-13-6-4-8-15(12-13)21-11-9-14-7-5-10-17(14,18)16(19)20-2/h13-15H,3-12,18H2,1-2H3. The van der Waals surface area contributed by atoms with Crippen molar-refractivity contribution in [3.63, 3.8) is 0 Å². The van der Waals surface area contributed by atoms with Gasteiger partial charge in [0.2, 0.25) is 0 Å². The van der Waals surface area contributed by atoms with Gasteiger partial charge >= 0.3 is 5.97 Å². The summed E-state index contributed by atoms with van der Waals surface area (Å²) in [5, 5.41) is 0. The Balaban J connectivity index is 1.76. The molecule has 122 valence electrons. The Labute approximate surface area is 128 Å². The van der Waals surface area contributed by atoms with Gasteiger partial charge < -0.3 is 15.2 Å². The highest BCUT2D eigenvalue weighted by Crippen LogP contribution is 2.37. The average molecular weight is 297 g/mol. The molecule has 0 aromatic carbocycles. The number of rotatable bonds is 6. The van der Waals surface area contributed by atoms with Crippen molar-refractivity contribution in [2.24, 2.45) is 17.6 Å². The molecule has 0 radical (unpaired) electrons. The molecular weight excluding hydrogens is 266 g/mol. The maximum Gasteiger partial charge on any atom is 0.326 e. The third-order valence-corrected chi connectivity index (χ3v) is 5.57. The second kappa shape index (κ2) is 7.59. The third kappa shape index (κ3) is 3.98. The summed E-state index contributed by atoms with van der Waals surface area (Å²) >= 11 is 0. The van der Waals surface area contributed by atoms with Crippen LogP contribution in [0.1, 0.15) is 64.7 Å². The van der Waals surface area contributed by atoms with Gasteiger partial charge in [0.25, 0.3) is 0 Å². The Hall–Kier alpha value is -0.610. The smallest absolute Gasteiger partial charge is 0.326 e. The van der Waals surface area contributed by atoms with Gasteiger partial charge in [0.15, 0.2) is 0 Å². The van der Waals surface area contributed by atoms with E-state index in [2.05, 4.69) is 6.92 Å². The fourth-order valence-corrected chi connectivity index (χ4v) is 4.10. The van der Waals surface area contributed by atoms with Crippen molar-refractivity contribution in [3.05, 3.63) is 0 Å². The van der Waals surface area contributed by atoms with Crippen LogP contribution in [0.4, 0.5) is 0 Å². The number of esters is 1. The van der Waals surface area contributed by atoms with Gasteiger partial charge in [0.05, 0.1) is 13.2 Å². The molecule has 2 aliphatic carbocycles. The molecule has 0 aliphatic heterocycles. The highest BCUT2D eigenvalue weighted by atomic mass is 16.5. The fourth-order valence-electron chi connectivity index (χ4n) is 4.10. The number of hydrogen-bond acceptors (Lipinski definition) is 4. The second-order valence-corrected chi connectivity index (χ2v) is 6.84. The molecule has 2 saturated carbocycles. The van der Waals surface area contributed by atoms with Crippen LogP contribution in [0.5, 0.6) is 0 Å². The van der Waals surface area contributed by atoms with Gasteiger partial charge in [-0.15, -0.1) is 0 Å². The number of nitrogens with two attached hydrogens (primary N) is 1. The Morgan fingerprint density at radius 2 is 2.10 bits per heavy atom. The van der Waals surface area contributed by atoms with E-state index >= 15 is 0 Å². The number of hydrogen-bond donors (Lipinski definition) is 1. The Kier molecular flexibility index (Phi) is 6.06. The van der Waals surface area contributed by atoms with E-state index in [0.29, 0.717) is 6.10 Å². The van der Waals surface area contributed by atoms with Crippen molar-refractivity contribution in [1.82, 2.24) is 0 Å². The monoisotopic (exact) mass is 297 g/mol. The molecule has 0 spiro atoms. The lowest BCUT2D eigenvalue weighted by atomic mass is 9.85. The molecule has 0 saturated heterocycles. The molecule has 4 unspecified atom stereocenters. The SMILES string of the molecule is CCC1CCCC(OCCC2CCCC2(N)C(=O)OC)C1. The molecule has 0 bridgehead atoms. The van der Waals surface area contributed by atoms with Crippen molar-refractivity contribution < 1.29 is 14.3 Å². The molecule has 0 aromatic rings. The van der Waals surface area contributed by atoms with Crippen molar-refractivity contribution in [1.29, 1.82) is 0 Å². The molecular formula is C17H31NO3. The third-order valence-electron chi connectivity index (χ3n) is 5.57. The second-order valence-electron chi connectivity index (χ2n) is 6.84. The van der Waals surface area contributed by atoms with Gasteiger partial charge in [-0.1, -0.05) is 32.6 Å². The zero-order chi connectivity index (χ0) is 15.3. The van der Waals surface area contributed by atoms with Crippen molar-refractivity contribution >= 4 is 5.97 Å². The minimum atomic E-state index is -0.781. The van der Waals surface area contributed by atoms with Gasteiger partial charge in [0.1, 0.15) is 5.54 Å². The lowest BCUT2D eigenvalue weighted by Gasteiger charge is -2.31. The number of methoxy groups -OCH3 is 1. The van der Waals surface area contributed by atoms with Gasteiger partial charge in [0, 0.05) is 6.61 Å². The normalized spacial score (nSPS) is 36.6. The van der Waals surface area contributed by atoms with E-state index in [1.165, 1.54) is 39.2 Å². The van der Waals surface area contributed by atoms with Crippen LogP contribution >= 0.6 is 0 Å². The van der Waals surface area contributed by atoms with Crippen LogP contribution in [0.3, 0.4) is 0 Å². The summed E-state index contributed by atoms with van der Waals surface area (Å²) in [6.07, 6.45) is 10.3. The number of carbonyl (C=O) groups is 1. The molecule has 0 heterocycles. The van der Waals surface area contributed by atoms with E-state index in [-0.39, 0.29) is 11.9 Å². The summed E-state index contributed by atoms with van der Waals surface area (Å²) in [6, 6.07) is 0. The molecule has 4 nitrogen and oxygen atoms in total. The molecule has 4 atom stereocenters. The van der Waals surface area contributed by atoms with Crippen LogP contribution in [-0.4, -0.2) is 31.3 Å². The van der Waals surface area contributed by atoms with E-state index in [9.17, 15) is 4.79 Å². The topological polar surface area (TPSA) is 61.5 Å². The molecule has 2 rings (SSSR count). The van der Waals surface area contributed by atoms with E-state index in [4.69, 9.17) is 15.2 Å². The largest absolute Gasteiger partial charge is 0.468 e. The summed E-state index contributed by atoms with van der Waals surface area (Å²) < 4.78 is 11.0. The minimum absolute atomic E-state index is 0.204. The summed E-state index contributed by atoms with van der Waals surface area (Å²) in [4.78, 5) is 11.9. The van der Waals surface area contributed by atoms with E-state index < -0.39 is 5.54 Å². The van der Waals surface area contributed by atoms with Crippen molar-refractivity contribution in [3.8, 4) is 0 Å². The summed E-state index contributed by atoms with van der Waals surface area (Å²) in [5.41, 5.74) is 5.51. The molecule has 0 amide bonds. The predicted octanol–water partition coefficient (Wildman–Crippen LogP) is 3.03.